The molecule has 0 aliphatic carbocycles. The second kappa shape index (κ2) is 6.50. The molecule has 0 aromatic carbocycles. The van der Waals surface area contributed by atoms with Gasteiger partial charge in [-0.3, -0.25) is 9.48 Å². The molecule has 8 heteroatoms. The van der Waals surface area contributed by atoms with Gasteiger partial charge < -0.3 is 14.8 Å². The standard InChI is InChI=1S/C14H20N6O.ClH/c1-10-8-11(19(3)17-10)14(21)20-7-4-15-9-12(20)13-16-5-6-18(13)2;/h5-6,8,12,15H,4,7,9H2,1-3H3;1H. The Morgan fingerprint density at radius 2 is 2.18 bits per heavy atom. The Bertz CT molecular complexity index is 664. The lowest BCUT2D eigenvalue weighted by Crippen LogP contribution is -2.49. The maximum absolute atomic E-state index is 12.9. The summed E-state index contributed by atoms with van der Waals surface area (Å²) < 4.78 is 3.61. The van der Waals surface area contributed by atoms with Crippen molar-refractivity contribution in [1.29, 1.82) is 0 Å². The predicted octanol–water partition coefficient (Wildman–Crippen LogP) is 0.671. The van der Waals surface area contributed by atoms with Gasteiger partial charge in [-0.2, -0.15) is 5.10 Å². The Kier molecular flexibility index (Phi) is 4.87. The molecule has 1 aliphatic rings. The monoisotopic (exact) mass is 324 g/mol. The highest BCUT2D eigenvalue weighted by molar-refractivity contribution is 5.93. The molecule has 2 aromatic rings. The van der Waals surface area contributed by atoms with E-state index in [-0.39, 0.29) is 24.4 Å². The van der Waals surface area contributed by atoms with Crippen LogP contribution >= 0.6 is 12.4 Å². The molecule has 1 atom stereocenters. The number of nitrogens with one attached hydrogen (secondary N) is 1. The van der Waals surface area contributed by atoms with Gasteiger partial charge in [0.25, 0.3) is 5.91 Å². The quantitative estimate of drug-likeness (QED) is 0.881. The zero-order chi connectivity index (χ0) is 15.0. The minimum atomic E-state index is -0.0542. The average molecular weight is 325 g/mol. The highest BCUT2D eigenvalue weighted by Gasteiger charge is 2.32. The van der Waals surface area contributed by atoms with E-state index in [9.17, 15) is 4.79 Å². The molecular weight excluding hydrogens is 304 g/mol. The van der Waals surface area contributed by atoms with Crippen LogP contribution in [-0.2, 0) is 14.1 Å². The van der Waals surface area contributed by atoms with Gasteiger partial charge in [0.15, 0.2) is 0 Å². The molecule has 0 radical (unpaired) electrons. The number of imidazole rings is 1. The SMILES string of the molecule is Cc1cc(C(=O)N2CCNCC2c2nccn2C)n(C)n1.Cl. The lowest BCUT2D eigenvalue weighted by atomic mass is 10.1. The van der Waals surface area contributed by atoms with Crippen LogP contribution in [0.4, 0.5) is 0 Å². The van der Waals surface area contributed by atoms with Gasteiger partial charge in [0, 0.05) is 46.1 Å². The highest BCUT2D eigenvalue weighted by atomic mass is 35.5. The number of carbonyl (C=O) groups is 1. The maximum Gasteiger partial charge on any atom is 0.272 e. The molecule has 120 valence electrons. The van der Waals surface area contributed by atoms with Crippen LogP contribution in [0.3, 0.4) is 0 Å². The van der Waals surface area contributed by atoms with Crippen molar-refractivity contribution >= 4 is 18.3 Å². The van der Waals surface area contributed by atoms with Crippen LogP contribution in [0.2, 0.25) is 0 Å². The van der Waals surface area contributed by atoms with E-state index < -0.39 is 0 Å². The fraction of sp³-hybridized carbons (Fsp3) is 0.500. The maximum atomic E-state index is 12.9. The van der Waals surface area contributed by atoms with Crippen molar-refractivity contribution in [2.24, 2.45) is 14.1 Å². The summed E-state index contributed by atoms with van der Waals surface area (Å²) in [6.45, 7) is 4.07. The third-order valence-electron chi connectivity index (χ3n) is 3.88. The van der Waals surface area contributed by atoms with Gasteiger partial charge in [0.2, 0.25) is 0 Å². The zero-order valence-corrected chi connectivity index (χ0v) is 13.8. The van der Waals surface area contributed by atoms with Crippen LogP contribution in [0.5, 0.6) is 0 Å². The van der Waals surface area contributed by atoms with Gasteiger partial charge in [0.05, 0.1) is 5.69 Å². The summed E-state index contributed by atoms with van der Waals surface area (Å²) in [5.41, 5.74) is 1.47. The molecule has 1 amide bonds. The highest BCUT2D eigenvalue weighted by Crippen LogP contribution is 2.22. The van der Waals surface area contributed by atoms with Crippen molar-refractivity contribution in [3.05, 3.63) is 35.7 Å². The zero-order valence-electron chi connectivity index (χ0n) is 13.0. The minimum absolute atomic E-state index is 0. The second-order valence-electron chi connectivity index (χ2n) is 5.41. The van der Waals surface area contributed by atoms with Crippen LogP contribution in [0.15, 0.2) is 18.5 Å². The van der Waals surface area contributed by atoms with Crippen molar-refractivity contribution < 1.29 is 4.79 Å². The fourth-order valence-electron chi connectivity index (χ4n) is 2.83. The third kappa shape index (κ3) is 2.86. The van der Waals surface area contributed by atoms with Gasteiger partial charge >= 0.3 is 0 Å². The molecule has 1 N–H and O–H groups in total. The first-order chi connectivity index (χ1) is 10.1. The van der Waals surface area contributed by atoms with Gasteiger partial charge in [-0.05, 0) is 13.0 Å². The Morgan fingerprint density at radius 3 is 2.77 bits per heavy atom. The summed E-state index contributed by atoms with van der Waals surface area (Å²) in [6.07, 6.45) is 3.67. The van der Waals surface area contributed by atoms with Crippen LogP contribution in [0, 0.1) is 6.92 Å². The number of rotatable bonds is 2. The fourth-order valence-corrected chi connectivity index (χ4v) is 2.83. The first-order valence-electron chi connectivity index (χ1n) is 7.07. The largest absolute Gasteiger partial charge is 0.336 e. The van der Waals surface area contributed by atoms with E-state index >= 15 is 0 Å². The minimum Gasteiger partial charge on any atom is -0.336 e. The van der Waals surface area contributed by atoms with E-state index in [1.54, 1.807) is 17.9 Å². The summed E-state index contributed by atoms with van der Waals surface area (Å²) >= 11 is 0. The van der Waals surface area contributed by atoms with Crippen molar-refractivity contribution in [2.75, 3.05) is 19.6 Å². The first-order valence-corrected chi connectivity index (χ1v) is 7.07. The third-order valence-corrected chi connectivity index (χ3v) is 3.88. The average Bonchev–Trinajstić information content (AvgIpc) is 3.03. The van der Waals surface area contributed by atoms with Crippen molar-refractivity contribution in [2.45, 2.75) is 13.0 Å². The molecule has 3 heterocycles. The number of hydrogen-bond acceptors (Lipinski definition) is 4. The Balaban J connectivity index is 0.00000176. The van der Waals surface area contributed by atoms with E-state index in [2.05, 4.69) is 15.4 Å². The van der Waals surface area contributed by atoms with E-state index in [1.807, 2.05) is 35.7 Å². The number of piperazine rings is 1. The summed E-state index contributed by atoms with van der Waals surface area (Å²) in [6, 6.07) is 1.78. The molecule has 3 rings (SSSR count). The van der Waals surface area contributed by atoms with Gasteiger partial charge in [-0.25, -0.2) is 4.98 Å². The summed E-state index contributed by atoms with van der Waals surface area (Å²) in [7, 11) is 3.76. The number of nitrogens with zero attached hydrogens (tertiary/aromatic N) is 5. The number of halogens is 1. The number of hydrogen-bond donors (Lipinski definition) is 1. The number of carbonyl (C=O) groups excluding carboxylic acids is 1. The summed E-state index contributed by atoms with van der Waals surface area (Å²) in [5, 5.41) is 7.60. The lowest BCUT2D eigenvalue weighted by molar-refractivity contribution is 0.0609. The molecule has 0 bridgehead atoms. The molecule has 0 spiro atoms. The van der Waals surface area contributed by atoms with Crippen LogP contribution < -0.4 is 5.32 Å². The summed E-state index contributed by atoms with van der Waals surface area (Å²) in [5.74, 6) is 0.905. The Labute approximate surface area is 135 Å². The van der Waals surface area contributed by atoms with E-state index in [4.69, 9.17) is 0 Å². The smallest absolute Gasteiger partial charge is 0.272 e. The molecule has 7 nitrogen and oxygen atoms in total. The molecule has 0 saturated carbocycles. The first kappa shape index (κ1) is 16.5. The number of aryl methyl sites for hydroxylation is 3. The van der Waals surface area contributed by atoms with Gasteiger partial charge in [0.1, 0.15) is 17.6 Å². The molecule has 22 heavy (non-hydrogen) atoms. The van der Waals surface area contributed by atoms with Crippen molar-refractivity contribution in [1.82, 2.24) is 29.5 Å². The lowest BCUT2D eigenvalue weighted by Gasteiger charge is -2.35. The molecule has 1 saturated heterocycles. The van der Waals surface area contributed by atoms with Crippen LogP contribution in [0.1, 0.15) is 28.0 Å². The van der Waals surface area contributed by atoms with Crippen molar-refractivity contribution in [3.63, 3.8) is 0 Å². The second-order valence-corrected chi connectivity index (χ2v) is 5.41. The molecule has 1 aliphatic heterocycles. The van der Waals surface area contributed by atoms with Crippen LogP contribution in [-0.4, -0.2) is 49.8 Å². The van der Waals surface area contributed by atoms with E-state index in [0.717, 1.165) is 18.1 Å². The van der Waals surface area contributed by atoms with Crippen LogP contribution in [0.25, 0.3) is 0 Å². The normalized spacial score (nSPS) is 18.1. The van der Waals surface area contributed by atoms with Crippen molar-refractivity contribution in [3.8, 4) is 0 Å². The van der Waals surface area contributed by atoms with Gasteiger partial charge in [-0.15, -0.1) is 12.4 Å². The summed E-state index contributed by atoms with van der Waals surface area (Å²) in [4.78, 5) is 19.1. The Morgan fingerprint density at radius 1 is 1.41 bits per heavy atom. The number of amides is 1. The van der Waals surface area contributed by atoms with E-state index in [0.29, 0.717) is 18.8 Å². The van der Waals surface area contributed by atoms with E-state index in [1.165, 1.54) is 0 Å². The predicted molar refractivity (Wildman–Crippen MR) is 85.0 cm³/mol. The van der Waals surface area contributed by atoms with Gasteiger partial charge in [-0.1, -0.05) is 0 Å². The molecular formula is C14H21ClN6O. The topological polar surface area (TPSA) is 68.0 Å². The Hall–Kier alpha value is -1.86. The molecule has 1 fully saturated rings. The molecule has 1 unspecified atom stereocenters. The number of aromatic nitrogens is 4. The molecule has 2 aromatic heterocycles.